The first kappa shape index (κ1) is 30.8. The molecule has 0 unspecified atom stereocenters. The van der Waals surface area contributed by atoms with Crippen LogP contribution >= 0.6 is 22.9 Å². The molecule has 3 aromatic carbocycles. The fraction of sp³-hybridized carbons (Fsp3) is 0.167. The van der Waals surface area contributed by atoms with Crippen LogP contribution in [0.1, 0.15) is 37.5 Å². The van der Waals surface area contributed by atoms with E-state index in [-0.39, 0.29) is 24.6 Å². The van der Waals surface area contributed by atoms with Crippen molar-refractivity contribution in [2.75, 3.05) is 0 Å². The van der Waals surface area contributed by atoms with Gasteiger partial charge in [-0.15, -0.1) is 17.9 Å². The van der Waals surface area contributed by atoms with Crippen molar-refractivity contribution in [2.24, 2.45) is 0 Å². The van der Waals surface area contributed by atoms with Crippen LogP contribution in [0.3, 0.4) is 0 Å². The number of amides is 1. The highest BCUT2D eigenvalue weighted by Crippen LogP contribution is 2.29. The van der Waals surface area contributed by atoms with Gasteiger partial charge in [0.2, 0.25) is 0 Å². The maximum Gasteiger partial charge on any atom is 0.416 e. The molecule has 218 valence electrons. The van der Waals surface area contributed by atoms with E-state index in [1.54, 1.807) is 19.1 Å². The Labute approximate surface area is 247 Å². The highest BCUT2D eigenvalue weighted by molar-refractivity contribution is 7.19. The van der Waals surface area contributed by atoms with E-state index in [0.29, 0.717) is 32.4 Å². The SMILES string of the molecule is Cc1c(=O)n(Cc2ccccc2)c(=O)n2cc(C(=O)NCc3ccc(Cl)cc3)sc12.[NH-]Cc1ccc(C(F)(F)F)cc1. The Morgan fingerprint density at radius 1 is 0.929 bits per heavy atom. The summed E-state index contributed by atoms with van der Waals surface area (Å²) >= 11 is 7.01. The van der Waals surface area contributed by atoms with Crippen molar-refractivity contribution in [3.05, 3.63) is 149 Å². The molecule has 0 bridgehead atoms. The minimum atomic E-state index is -4.28. The number of hydrogen-bond acceptors (Lipinski definition) is 4. The second-order valence-electron chi connectivity index (χ2n) is 9.24. The molecule has 0 aliphatic rings. The number of alkyl halides is 3. The van der Waals surface area contributed by atoms with Gasteiger partial charge in [-0.2, -0.15) is 13.2 Å². The molecule has 0 aliphatic carbocycles. The summed E-state index contributed by atoms with van der Waals surface area (Å²) in [7, 11) is 0. The zero-order valence-corrected chi connectivity index (χ0v) is 23.8. The molecule has 0 radical (unpaired) electrons. The molecule has 0 saturated heterocycles. The number of nitrogens with zero attached hydrogens (tertiary/aromatic N) is 2. The van der Waals surface area contributed by atoms with Gasteiger partial charge in [0.15, 0.2) is 0 Å². The van der Waals surface area contributed by atoms with E-state index in [1.807, 2.05) is 42.5 Å². The number of carbonyl (C=O) groups is 1. The van der Waals surface area contributed by atoms with Crippen LogP contribution in [0.5, 0.6) is 0 Å². The van der Waals surface area contributed by atoms with Crippen LogP contribution < -0.4 is 16.6 Å². The van der Waals surface area contributed by atoms with Crippen LogP contribution in [-0.2, 0) is 25.8 Å². The monoisotopic (exact) mass is 613 g/mol. The molecule has 0 atom stereocenters. The van der Waals surface area contributed by atoms with E-state index < -0.39 is 17.4 Å². The lowest BCUT2D eigenvalue weighted by atomic mass is 10.1. The standard InChI is InChI=1S/C22H18ClN3O3S.C8H7F3N/c1-14-20(28)25(12-16-5-3-2-4-6-16)22(29)26-13-18(30-21(14)26)19(27)24-11-15-7-9-17(23)10-8-15;9-8(10,11)7-3-1-6(5-12)2-4-7/h2-10,13H,11-12H2,1H3,(H,24,27);1-4,12H,5H2/q;-1. The lowest BCUT2D eigenvalue weighted by molar-refractivity contribution is -0.137. The lowest BCUT2D eigenvalue weighted by Gasteiger charge is -2.07. The number of aromatic nitrogens is 2. The van der Waals surface area contributed by atoms with E-state index in [9.17, 15) is 27.6 Å². The molecular formula is C30H25ClF3N4O3S-. The summed E-state index contributed by atoms with van der Waals surface area (Å²) < 4.78 is 38.5. The lowest BCUT2D eigenvalue weighted by Crippen LogP contribution is -2.38. The van der Waals surface area contributed by atoms with Gasteiger partial charge in [0, 0.05) is 23.3 Å². The molecule has 12 heteroatoms. The van der Waals surface area contributed by atoms with Crippen molar-refractivity contribution in [3.63, 3.8) is 0 Å². The van der Waals surface area contributed by atoms with Crippen molar-refractivity contribution in [3.8, 4) is 0 Å². The first-order valence-electron chi connectivity index (χ1n) is 12.6. The van der Waals surface area contributed by atoms with Crippen LogP contribution in [0.2, 0.25) is 5.02 Å². The predicted molar refractivity (Wildman–Crippen MR) is 158 cm³/mol. The topological polar surface area (TPSA) is 96.4 Å². The molecule has 0 fully saturated rings. The predicted octanol–water partition coefficient (Wildman–Crippen LogP) is 6.72. The van der Waals surface area contributed by atoms with Gasteiger partial charge >= 0.3 is 11.9 Å². The third kappa shape index (κ3) is 7.35. The number of hydrogen-bond donors (Lipinski definition) is 1. The van der Waals surface area contributed by atoms with Crippen molar-refractivity contribution >= 4 is 33.7 Å². The number of carbonyl (C=O) groups excluding carboxylic acids is 1. The van der Waals surface area contributed by atoms with E-state index in [2.05, 4.69) is 5.32 Å². The molecule has 5 aromatic rings. The van der Waals surface area contributed by atoms with E-state index in [1.165, 1.54) is 27.3 Å². The summed E-state index contributed by atoms with van der Waals surface area (Å²) in [5.74, 6) is -0.306. The second kappa shape index (κ2) is 13.2. The van der Waals surface area contributed by atoms with Crippen LogP contribution in [-0.4, -0.2) is 14.9 Å². The van der Waals surface area contributed by atoms with Gasteiger partial charge in [-0.05, 0) is 42.3 Å². The molecule has 7 nitrogen and oxygen atoms in total. The Hall–Kier alpha value is -4.19. The van der Waals surface area contributed by atoms with E-state index in [4.69, 9.17) is 17.3 Å². The van der Waals surface area contributed by atoms with Crippen molar-refractivity contribution < 1.29 is 18.0 Å². The molecule has 42 heavy (non-hydrogen) atoms. The Bertz CT molecular complexity index is 1800. The Morgan fingerprint density at radius 2 is 1.55 bits per heavy atom. The Morgan fingerprint density at radius 3 is 2.14 bits per heavy atom. The first-order valence-corrected chi connectivity index (χ1v) is 13.8. The highest BCUT2D eigenvalue weighted by Gasteiger charge is 2.29. The van der Waals surface area contributed by atoms with Crippen molar-refractivity contribution in [1.29, 1.82) is 0 Å². The van der Waals surface area contributed by atoms with Gasteiger partial charge in [-0.25, -0.2) is 4.79 Å². The zero-order chi connectivity index (χ0) is 30.4. The normalized spacial score (nSPS) is 11.2. The van der Waals surface area contributed by atoms with Crippen molar-refractivity contribution in [1.82, 2.24) is 14.3 Å². The molecule has 2 N–H and O–H groups in total. The highest BCUT2D eigenvalue weighted by atomic mass is 35.5. The Kier molecular flexibility index (Phi) is 9.66. The number of halogens is 4. The number of aryl methyl sites for hydroxylation is 1. The van der Waals surface area contributed by atoms with E-state index in [0.717, 1.165) is 34.6 Å². The average Bonchev–Trinajstić information content (AvgIpc) is 3.44. The summed E-state index contributed by atoms with van der Waals surface area (Å²) in [5, 5.41) is 3.46. The molecule has 0 saturated carbocycles. The van der Waals surface area contributed by atoms with Gasteiger partial charge < -0.3 is 11.1 Å². The van der Waals surface area contributed by atoms with Crippen LogP contribution in [0.15, 0.2) is 94.6 Å². The van der Waals surface area contributed by atoms with Crippen LogP contribution in [0, 0.1) is 6.92 Å². The molecule has 2 heterocycles. The first-order chi connectivity index (χ1) is 20.0. The summed E-state index contributed by atoms with van der Waals surface area (Å²) in [4.78, 5) is 39.2. The Balaban J connectivity index is 0.000000283. The zero-order valence-electron chi connectivity index (χ0n) is 22.2. The number of thiazole rings is 1. The molecular weight excluding hydrogens is 589 g/mol. The molecule has 5 rings (SSSR count). The van der Waals surface area contributed by atoms with E-state index >= 15 is 0 Å². The summed E-state index contributed by atoms with van der Waals surface area (Å²) in [6.45, 7) is 2.19. The fourth-order valence-electron chi connectivity index (χ4n) is 3.96. The minimum Gasteiger partial charge on any atom is -0.674 e. The van der Waals surface area contributed by atoms with Gasteiger partial charge in [0.1, 0.15) is 9.71 Å². The molecule has 0 aliphatic heterocycles. The third-order valence-corrected chi connectivity index (χ3v) is 7.71. The molecule has 0 spiro atoms. The number of rotatable bonds is 6. The van der Waals surface area contributed by atoms with Crippen LogP contribution in [0.4, 0.5) is 13.2 Å². The largest absolute Gasteiger partial charge is 0.674 e. The smallest absolute Gasteiger partial charge is 0.416 e. The summed E-state index contributed by atoms with van der Waals surface area (Å²) in [6.07, 6.45) is -2.78. The van der Waals surface area contributed by atoms with Gasteiger partial charge in [-0.1, -0.05) is 71.8 Å². The maximum atomic E-state index is 12.9. The number of nitrogens with one attached hydrogen (secondary N) is 2. The molecule has 1 amide bonds. The van der Waals surface area contributed by atoms with Gasteiger partial charge in [0.25, 0.3) is 11.5 Å². The fourth-order valence-corrected chi connectivity index (χ4v) is 5.09. The third-order valence-electron chi connectivity index (χ3n) is 6.25. The molecule has 2 aromatic heterocycles. The number of benzene rings is 3. The second-order valence-corrected chi connectivity index (χ2v) is 10.7. The maximum absolute atomic E-state index is 12.9. The van der Waals surface area contributed by atoms with Crippen molar-refractivity contribution in [2.45, 2.75) is 32.7 Å². The van der Waals surface area contributed by atoms with Crippen LogP contribution in [0.25, 0.3) is 10.6 Å². The minimum absolute atomic E-state index is 0.0120. The summed E-state index contributed by atoms with van der Waals surface area (Å²) in [6, 6.07) is 21.1. The van der Waals surface area contributed by atoms with Gasteiger partial charge in [-0.3, -0.25) is 18.6 Å². The quantitative estimate of drug-likeness (QED) is 0.230. The number of fused-ring (bicyclic) bond motifs is 1. The average molecular weight is 614 g/mol. The summed E-state index contributed by atoms with van der Waals surface area (Å²) in [5.41, 5.74) is 8.20. The van der Waals surface area contributed by atoms with Gasteiger partial charge in [0.05, 0.1) is 12.1 Å².